The molecule has 1 aliphatic carbocycles. The molecule has 1 aromatic carbocycles. The molecule has 0 spiro atoms. The van der Waals surface area contributed by atoms with Crippen molar-refractivity contribution in [2.45, 2.75) is 25.8 Å². The molecule has 1 N–H and O–H groups in total. The van der Waals surface area contributed by atoms with Gasteiger partial charge in [-0.1, -0.05) is 6.07 Å². The average Bonchev–Trinajstić information content (AvgIpc) is 3.30. The summed E-state index contributed by atoms with van der Waals surface area (Å²) in [5, 5.41) is 2.83. The molecule has 0 aromatic heterocycles. The SMILES string of the molecule is CCN(C(=O)CNc1cccc(F)c1C(=O)OC)C1CC1. The quantitative estimate of drug-likeness (QED) is 0.816. The normalized spacial score (nSPS) is 13.7. The monoisotopic (exact) mass is 294 g/mol. The molecular weight excluding hydrogens is 275 g/mol. The molecule has 6 heteroatoms. The molecule has 114 valence electrons. The van der Waals surface area contributed by atoms with Gasteiger partial charge in [0.25, 0.3) is 0 Å². The number of halogens is 1. The Labute approximate surface area is 123 Å². The van der Waals surface area contributed by atoms with E-state index in [-0.39, 0.29) is 23.7 Å². The summed E-state index contributed by atoms with van der Waals surface area (Å²) in [7, 11) is 1.19. The lowest BCUT2D eigenvalue weighted by Crippen LogP contribution is -2.37. The molecule has 1 fully saturated rings. The highest BCUT2D eigenvalue weighted by Gasteiger charge is 2.31. The van der Waals surface area contributed by atoms with E-state index >= 15 is 0 Å². The Morgan fingerprint density at radius 2 is 2.14 bits per heavy atom. The zero-order valence-corrected chi connectivity index (χ0v) is 12.2. The summed E-state index contributed by atoms with van der Waals surface area (Å²) in [6.45, 7) is 2.61. The van der Waals surface area contributed by atoms with Crippen LogP contribution < -0.4 is 5.32 Å². The Morgan fingerprint density at radius 3 is 2.71 bits per heavy atom. The molecule has 2 rings (SSSR count). The van der Waals surface area contributed by atoms with Crippen molar-refractivity contribution in [1.82, 2.24) is 4.90 Å². The van der Waals surface area contributed by atoms with Crippen molar-refractivity contribution in [3.05, 3.63) is 29.6 Å². The maximum absolute atomic E-state index is 13.7. The van der Waals surface area contributed by atoms with E-state index in [1.54, 1.807) is 11.0 Å². The second-order valence-corrected chi connectivity index (χ2v) is 4.92. The van der Waals surface area contributed by atoms with Crippen molar-refractivity contribution in [2.75, 3.05) is 25.5 Å². The van der Waals surface area contributed by atoms with Crippen molar-refractivity contribution < 1.29 is 18.7 Å². The lowest BCUT2D eigenvalue weighted by molar-refractivity contribution is -0.129. The first-order chi connectivity index (χ1) is 10.1. The predicted octanol–water partition coefficient (Wildman–Crippen LogP) is 2.04. The number of methoxy groups -OCH3 is 1. The van der Waals surface area contributed by atoms with E-state index in [9.17, 15) is 14.0 Å². The minimum Gasteiger partial charge on any atom is -0.465 e. The predicted molar refractivity (Wildman–Crippen MR) is 76.6 cm³/mol. The van der Waals surface area contributed by atoms with Crippen LogP contribution in [-0.2, 0) is 9.53 Å². The van der Waals surface area contributed by atoms with Crippen molar-refractivity contribution in [3.63, 3.8) is 0 Å². The van der Waals surface area contributed by atoms with Gasteiger partial charge in [0.05, 0.1) is 19.3 Å². The third-order valence-corrected chi connectivity index (χ3v) is 3.48. The van der Waals surface area contributed by atoms with Crippen LogP contribution in [-0.4, -0.2) is 43.0 Å². The number of nitrogens with zero attached hydrogens (tertiary/aromatic N) is 1. The fourth-order valence-corrected chi connectivity index (χ4v) is 2.28. The van der Waals surface area contributed by atoms with Crippen LogP contribution in [0.4, 0.5) is 10.1 Å². The van der Waals surface area contributed by atoms with Gasteiger partial charge in [-0.05, 0) is 31.9 Å². The summed E-state index contributed by atoms with van der Waals surface area (Å²) in [5.41, 5.74) is 0.0873. The molecule has 0 radical (unpaired) electrons. The van der Waals surface area contributed by atoms with Crippen molar-refractivity contribution >= 4 is 17.6 Å². The highest BCUT2D eigenvalue weighted by atomic mass is 19.1. The van der Waals surface area contributed by atoms with Crippen molar-refractivity contribution in [3.8, 4) is 0 Å². The first-order valence-corrected chi connectivity index (χ1v) is 6.98. The van der Waals surface area contributed by atoms with Crippen LogP contribution in [0.5, 0.6) is 0 Å². The van der Waals surface area contributed by atoms with E-state index in [1.165, 1.54) is 19.2 Å². The van der Waals surface area contributed by atoms with E-state index in [0.717, 1.165) is 12.8 Å². The van der Waals surface area contributed by atoms with Gasteiger partial charge in [0.2, 0.25) is 5.91 Å². The number of anilines is 1. The van der Waals surface area contributed by atoms with E-state index in [2.05, 4.69) is 10.1 Å². The van der Waals surface area contributed by atoms with Crippen molar-refractivity contribution in [2.24, 2.45) is 0 Å². The zero-order valence-electron chi connectivity index (χ0n) is 12.2. The number of rotatable bonds is 6. The van der Waals surface area contributed by atoms with Crippen LogP contribution >= 0.6 is 0 Å². The van der Waals surface area contributed by atoms with Crippen LogP contribution in [0.25, 0.3) is 0 Å². The summed E-state index contributed by atoms with van der Waals surface area (Å²) in [6.07, 6.45) is 2.07. The molecule has 1 aromatic rings. The summed E-state index contributed by atoms with van der Waals surface area (Å²) < 4.78 is 18.3. The number of carbonyl (C=O) groups excluding carboxylic acids is 2. The van der Waals surface area contributed by atoms with E-state index < -0.39 is 11.8 Å². The highest BCUT2D eigenvalue weighted by molar-refractivity contribution is 5.96. The fourth-order valence-electron chi connectivity index (χ4n) is 2.28. The molecule has 1 saturated carbocycles. The lowest BCUT2D eigenvalue weighted by Gasteiger charge is -2.21. The van der Waals surface area contributed by atoms with Gasteiger partial charge in [0, 0.05) is 12.6 Å². The van der Waals surface area contributed by atoms with Crippen LogP contribution in [0.1, 0.15) is 30.1 Å². The molecule has 0 saturated heterocycles. The van der Waals surface area contributed by atoms with Crippen LogP contribution in [0.3, 0.4) is 0 Å². The van der Waals surface area contributed by atoms with Gasteiger partial charge in [-0.25, -0.2) is 9.18 Å². The van der Waals surface area contributed by atoms with Crippen molar-refractivity contribution in [1.29, 1.82) is 0 Å². The molecule has 0 aliphatic heterocycles. The number of nitrogens with one attached hydrogen (secondary N) is 1. The van der Waals surface area contributed by atoms with Gasteiger partial charge < -0.3 is 15.0 Å². The third kappa shape index (κ3) is 3.51. The average molecular weight is 294 g/mol. The molecule has 1 aliphatic rings. The second kappa shape index (κ2) is 6.56. The molecule has 0 unspecified atom stereocenters. The Kier molecular flexibility index (Phi) is 4.77. The van der Waals surface area contributed by atoms with Crippen LogP contribution in [0, 0.1) is 5.82 Å². The lowest BCUT2D eigenvalue weighted by atomic mass is 10.1. The topological polar surface area (TPSA) is 58.6 Å². The highest BCUT2D eigenvalue weighted by Crippen LogP contribution is 2.26. The van der Waals surface area contributed by atoms with E-state index in [0.29, 0.717) is 12.6 Å². The molecule has 0 bridgehead atoms. The third-order valence-electron chi connectivity index (χ3n) is 3.48. The second-order valence-electron chi connectivity index (χ2n) is 4.92. The molecule has 1 amide bonds. The number of likely N-dealkylation sites (N-methyl/N-ethyl adjacent to an activating group) is 1. The number of carbonyl (C=O) groups is 2. The summed E-state index contributed by atoms with van der Waals surface area (Å²) in [4.78, 5) is 25.5. The molecule has 5 nitrogen and oxygen atoms in total. The van der Waals surface area contributed by atoms with Gasteiger partial charge in [-0.3, -0.25) is 4.79 Å². The molecule has 0 heterocycles. The smallest absolute Gasteiger partial charge is 0.342 e. The van der Waals surface area contributed by atoms with Gasteiger partial charge in [-0.2, -0.15) is 0 Å². The summed E-state index contributed by atoms with van der Waals surface area (Å²) in [6, 6.07) is 4.54. The summed E-state index contributed by atoms with van der Waals surface area (Å²) >= 11 is 0. The number of esters is 1. The first-order valence-electron chi connectivity index (χ1n) is 6.98. The van der Waals surface area contributed by atoms with E-state index in [1.807, 2.05) is 6.92 Å². The number of ether oxygens (including phenoxy) is 1. The van der Waals surface area contributed by atoms with Crippen LogP contribution in [0.2, 0.25) is 0 Å². The number of amides is 1. The first kappa shape index (κ1) is 15.3. The minimum absolute atomic E-state index is 0.0256. The fraction of sp³-hybridized carbons (Fsp3) is 0.467. The standard InChI is InChI=1S/C15H19FN2O3/c1-3-18(10-7-8-10)13(19)9-17-12-6-4-5-11(16)14(12)15(20)21-2/h4-6,10,17H,3,7-9H2,1-2H3. The summed E-state index contributed by atoms with van der Waals surface area (Å²) in [5.74, 6) is -1.49. The van der Waals surface area contributed by atoms with Gasteiger partial charge in [0.15, 0.2) is 0 Å². The maximum atomic E-state index is 13.7. The van der Waals surface area contributed by atoms with Gasteiger partial charge in [0.1, 0.15) is 11.4 Å². The number of hydrogen-bond acceptors (Lipinski definition) is 4. The maximum Gasteiger partial charge on any atom is 0.342 e. The zero-order chi connectivity index (χ0) is 15.4. The number of benzene rings is 1. The van der Waals surface area contributed by atoms with Gasteiger partial charge in [-0.15, -0.1) is 0 Å². The van der Waals surface area contributed by atoms with Crippen LogP contribution in [0.15, 0.2) is 18.2 Å². The van der Waals surface area contributed by atoms with E-state index in [4.69, 9.17) is 0 Å². The Hall–Kier alpha value is -2.11. The Balaban J connectivity index is 2.07. The number of hydrogen-bond donors (Lipinski definition) is 1. The molecule has 21 heavy (non-hydrogen) atoms. The Bertz CT molecular complexity index is 544. The molecule has 0 atom stereocenters. The Morgan fingerprint density at radius 1 is 1.43 bits per heavy atom. The minimum atomic E-state index is -0.766. The van der Waals surface area contributed by atoms with Gasteiger partial charge >= 0.3 is 5.97 Å². The largest absolute Gasteiger partial charge is 0.465 e. The molecular formula is C15H19FN2O3.